The Kier molecular flexibility index (Phi) is 5.37. The summed E-state index contributed by atoms with van der Waals surface area (Å²) in [6.45, 7) is 2.66. The lowest BCUT2D eigenvalue weighted by Gasteiger charge is -2.32. The van der Waals surface area contributed by atoms with Gasteiger partial charge in [-0.25, -0.2) is 9.97 Å². The first-order valence-electron chi connectivity index (χ1n) is 7.06. The number of hydrogen-bond donors (Lipinski definition) is 2. The number of carbonyl (C=O) groups is 1. The maximum absolute atomic E-state index is 11.7. The Balaban J connectivity index is 1.92. The van der Waals surface area contributed by atoms with Gasteiger partial charge >= 0.3 is 5.97 Å². The molecule has 1 aromatic rings. The quantitative estimate of drug-likeness (QED) is 0.593. The van der Waals surface area contributed by atoms with E-state index in [0.29, 0.717) is 6.54 Å². The minimum Gasteiger partial charge on any atom is -0.480 e. The summed E-state index contributed by atoms with van der Waals surface area (Å²) in [7, 11) is 0. The summed E-state index contributed by atoms with van der Waals surface area (Å²) in [6, 6.07) is 1.88. The van der Waals surface area contributed by atoms with E-state index in [9.17, 15) is 9.90 Å². The zero-order valence-corrected chi connectivity index (χ0v) is 12.5. The van der Waals surface area contributed by atoms with Crippen LogP contribution in [0.4, 0.5) is 0 Å². The highest BCUT2D eigenvalue weighted by Crippen LogP contribution is 2.39. The van der Waals surface area contributed by atoms with Gasteiger partial charge in [0.1, 0.15) is 11.9 Å². The van der Waals surface area contributed by atoms with Crippen molar-refractivity contribution >= 4 is 17.7 Å². The molecule has 0 aromatic carbocycles. The normalized spacial score (nSPS) is 25.8. The number of rotatable bonds is 7. The van der Waals surface area contributed by atoms with Gasteiger partial charge in [-0.2, -0.15) is 0 Å². The average molecular weight is 295 g/mol. The van der Waals surface area contributed by atoms with Gasteiger partial charge in [0, 0.05) is 6.20 Å². The fourth-order valence-electron chi connectivity index (χ4n) is 3.04. The topological polar surface area (TPSA) is 75.1 Å². The second kappa shape index (κ2) is 7.04. The van der Waals surface area contributed by atoms with Crippen molar-refractivity contribution in [2.45, 2.75) is 43.2 Å². The number of carboxylic acids is 1. The number of carboxylic acid groups (broad SMARTS) is 1. The zero-order valence-electron chi connectivity index (χ0n) is 11.7. The number of thioether (sulfide) groups is 1. The van der Waals surface area contributed by atoms with Crippen molar-refractivity contribution in [2.75, 3.05) is 12.3 Å². The van der Waals surface area contributed by atoms with E-state index in [1.54, 1.807) is 18.0 Å². The number of hydrogen-bond acceptors (Lipinski definition) is 5. The number of aliphatic carboxylic acids is 1. The maximum Gasteiger partial charge on any atom is 0.324 e. The highest BCUT2D eigenvalue weighted by Gasteiger charge is 2.48. The van der Waals surface area contributed by atoms with Gasteiger partial charge in [-0.3, -0.25) is 4.79 Å². The smallest absolute Gasteiger partial charge is 0.324 e. The van der Waals surface area contributed by atoms with E-state index in [0.717, 1.165) is 36.5 Å². The summed E-state index contributed by atoms with van der Waals surface area (Å²) in [4.78, 5) is 19.7. The third kappa shape index (κ3) is 3.30. The standard InChI is InChI=1S/C14H21N3O2S/c1-2-17-14(13(18)19)7-3-4-11(14)6-9-20-12-5-8-15-10-16-12/h5,8,10-11,17H,2-4,6-7,9H2,1H3,(H,18,19). The molecular formula is C14H21N3O2S. The lowest BCUT2D eigenvalue weighted by molar-refractivity contribution is -0.146. The molecule has 0 spiro atoms. The van der Waals surface area contributed by atoms with Crippen LogP contribution in [0.2, 0.25) is 0 Å². The van der Waals surface area contributed by atoms with Crippen LogP contribution in [-0.2, 0) is 4.79 Å². The largest absolute Gasteiger partial charge is 0.480 e. The molecule has 1 fully saturated rings. The van der Waals surface area contributed by atoms with Crippen LogP contribution in [-0.4, -0.2) is 38.9 Å². The third-order valence-corrected chi connectivity index (χ3v) is 4.94. The summed E-state index contributed by atoms with van der Waals surface area (Å²) >= 11 is 1.67. The Bertz CT molecular complexity index is 443. The Morgan fingerprint density at radius 1 is 1.65 bits per heavy atom. The van der Waals surface area contributed by atoms with Crippen LogP contribution >= 0.6 is 11.8 Å². The molecule has 1 aromatic heterocycles. The van der Waals surface area contributed by atoms with Crippen molar-refractivity contribution in [1.82, 2.24) is 15.3 Å². The summed E-state index contributed by atoms with van der Waals surface area (Å²) in [5.74, 6) is 0.394. The van der Waals surface area contributed by atoms with Gasteiger partial charge in [0.25, 0.3) is 0 Å². The Labute approximate surface area is 123 Å². The van der Waals surface area contributed by atoms with Gasteiger partial charge in [-0.05, 0) is 43.5 Å². The predicted molar refractivity (Wildman–Crippen MR) is 78.8 cm³/mol. The van der Waals surface area contributed by atoms with Gasteiger partial charge in [0.15, 0.2) is 0 Å². The molecule has 0 amide bonds. The van der Waals surface area contributed by atoms with E-state index in [1.165, 1.54) is 6.33 Å². The first kappa shape index (κ1) is 15.3. The van der Waals surface area contributed by atoms with Gasteiger partial charge < -0.3 is 10.4 Å². The molecule has 6 heteroatoms. The first-order chi connectivity index (χ1) is 9.69. The zero-order chi connectivity index (χ0) is 14.4. The fourth-order valence-corrected chi connectivity index (χ4v) is 3.93. The average Bonchev–Trinajstić information content (AvgIpc) is 2.85. The minimum atomic E-state index is -0.721. The second-order valence-electron chi connectivity index (χ2n) is 5.08. The van der Waals surface area contributed by atoms with Crippen LogP contribution in [0, 0.1) is 5.92 Å². The molecular weight excluding hydrogens is 274 g/mol. The van der Waals surface area contributed by atoms with E-state index in [-0.39, 0.29) is 5.92 Å². The first-order valence-corrected chi connectivity index (χ1v) is 8.05. The van der Waals surface area contributed by atoms with Gasteiger partial charge in [0.2, 0.25) is 0 Å². The Morgan fingerprint density at radius 2 is 2.50 bits per heavy atom. The molecule has 20 heavy (non-hydrogen) atoms. The summed E-state index contributed by atoms with van der Waals surface area (Å²) < 4.78 is 0. The number of likely N-dealkylation sites (N-methyl/N-ethyl adjacent to an activating group) is 1. The van der Waals surface area contributed by atoms with E-state index >= 15 is 0 Å². The number of aromatic nitrogens is 2. The third-order valence-electron chi connectivity index (χ3n) is 3.97. The summed E-state index contributed by atoms with van der Waals surface area (Å²) in [5.41, 5.74) is -0.721. The van der Waals surface area contributed by atoms with Crippen LogP contribution in [0.3, 0.4) is 0 Å². The van der Waals surface area contributed by atoms with Crippen LogP contribution in [0.1, 0.15) is 32.6 Å². The molecule has 1 saturated carbocycles. The van der Waals surface area contributed by atoms with Gasteiger partial charge in [-0.15, -0.1) is 11.8 Å². The van der Waals surface area contributed by atoms with Gasteiger partial charge in [0.05, 0.1) is 5.03 Å². The van der Waals surface area contributed by atoms with E-state index in [4.69, 9.17) is 0 Å². The molecule has 2 N–H and O–H groups in total. The summed E-state index contributed by atoms with van der Waals surface area (Å²) in [5, 5.41) is 13.8. The lowest BCUT2D eigenvalue weighted by atomic mass is 9.85. The number of nitrogens with zero attached hydrogens (tertiary/aromatic N) is 2. The van der Waals surface area contributed by atoms with E-state index < -0.39 is 11.5 Å². The maximum atomic E-state index is 11.7. The van der Waals surface area contributed by atoms with Crippen LogP contribution in [0.15, 0.2) is 23.6 Å². The summed E-state index contributed by atoms with van der Waals surface area (Å²) in [6.07, 6.45) is 6.88. The molecule has 1 aliphatic carbocycles. The van der Waals surface area contributed by atoms with Crippen LogP contribution < -0.4 is 5.32 Å². The molecule has 1 heterocycles. The van der Waals surface area contributed by atoms with E-state index in [2.05, 4.69) is 15.3 Å². The van der Waals surface area contributed by atoms with Crippen LogP contribution in [0.5, 0.6) is 0 Å². The van der Waals surface area contributed by atoms with Crippen molar-refractivity contribution in [3.05, 3.63) is 18.6 Å². The second-order valence-corrected chi connectivity index (χ2v) is 6.20. The van der Waals surface area contributed by atoms with Crippen molar-refractivity contribution < 1.29 is 9.90 Å². The Morgan fingerprint density at radius 3 is 3.15 bits per heavy atom. The highest BCUT2D eigenvalue weighted by molar-refractivity contribution is 7.99. The molecule has 0 aliphatic heterocycles. The molecule has 2 atom stereocenters. The molecule has 0 radical (unpaired) electrons. The SMILES string of the molecule is CCNC1(C(=O)O)CCCC1CCSc1ccncn1. The van der Waals surface area contributed by atoms with Crippen molar-refractivity contribution in [2.24, 2.45) is 5.92 Å². The van der Waals surface area contributed by atoms with Crippen molar-refractivity contribution in [3.63, 3.8) is 0 Å². The monoisotopic (exact) mass is 295 g/mol. The minimum absolute atomic E-state index is 0.203. The molecule has 5 nitrogen and oxygen atoms in total. The fraction of sp³-hybridized carbons (Fsp3) is 0.643. The van der Waals surface area contributed by atoms with Crippen LogP contribution in [0.25, 0.3) is 0 Å². The molecule has 0 saturated heterocycles. The molecule has 110 valence electrons. The number of nitrogens with one attached hydrogen (secondary N) is 1. The molecule has 0 bridgehead atoms. The molecule has 2 unspecified atom stereocenters. The Hall–Kier alpha value is -1.14. The molecule has 1 aliphatic rings. The van der Waals surface area contributed by atoms with Gasteiger partial charge in [-0.1, -0.05) is 13.3 Å². The highest BCUT2D eigenvalue weighted by atomic mass is 32.2. The van der Waals surface area contributed by atoms with Crippen molar-refractivity contribution in [1.29, 1.82) is 0 Å². The van der Waals surface area contributed by atoms with E-state index in [1.807, 2.05) is 13.0 Å². The van der Waals surface area contributed by atoms with Crippen molar-refractivity contribution in [3.8, 4) is 0 Å². The predicted octanol–water partition coefficient (Wildman–Crippen LogP) is 2.19. The lowest BCUT2D eigenvalue weighted by Crippen LogP contribution is -2.54. The molecule has 2 rings (SSSR count).